The van der Waals surface area contributed by atoms with Crippen molar-refractivity contribution in [3.63, 3.8) is 0 Å². The molecule has 0 saturated carbocycles. The summed E-state index contributed by atoms with van der Waals surface area (Å²) in [7, 11) is 0.233. The van der Waals surface area contributed by atoms with E-state index in [1.807, 2.05) is 7.05 Å². The number of amides is 1. The van der Waals surface area contributed by atoms with Crippen molar-refractivity contribution in [1.82, 2.24) is 14.7 Å². The minimum atomic E-state index is -3.20. The highest BCUT2D eigenvalue weighted by Crippen LogP contribution is 2.19. The SMILES string of the molecule is CCS(=O)(=O)N1CCCC(C(=O)NCCCN(C)OC)C1. The number of carbonyl (C=O) groups excluding carboxylic acids is 1. The molecule has 7 nitrogen and oxygen atoms in total. The Kier molecular flexibility index (Phi) is 7.58. The minimum Gasteiger partial charge on any atom is -0.356 e. The van der Waals surface area contributed by atoms with Gasteiger partial charge in [0.15, 0.2) is 0 Å². The Balaban J connectivity index is 2.37. The summed E-state index contributed by atoms with van der Waals surface area (Å²) in [4.78, 5) is 17.1. The average molecular weight is 321 g/mol. The Labute approximate surface area is 127 Å². The first-order valence-electron chi connectivity index (χ1n) is 7.41. The van der Waals surface area contributed by atoms with E-state index in [-0.39, 0.29) is 17.6 Å². The van der Waals surface area contributed by atoms with Crippen LogP contribution in [0.4, 0.5) is 0 Å². The molecule has 1 fully saturated rings. The summed E-state index contributed by atoms with van der Waals surface area (Å²) in [6.45, 7) is 3.77. The summed E-state index contributed by atoms with van der Waals surface area (Å²) in [6, 6.07) is 0. The van der Waals surface area contributed by atoms with Gasteiger partial charge in [0.25, 0.3) is 0 Å². The standard InChI is InChI=1S/C13H27N3O4S/c1-4-21(18,19)16-10-5-7-12(11-16)13(17)14-8-6-9-15(2)20-3/h12H,4-11H2,1-3H3,(H,14,17). The Morgan fingerprint density at radius 3 is 2.81 bits per heavy atom. The van der Waals surface area contributed by atoms with Gasteiger partial charge in [-0.2, -0.15) is 5.06 Å². The lowest BCUT2D eigenvalue weighted by Crippen LogP contribution is -2.46. The topological polar surface area (TPSA) is 79.0 Å². The molecule has 1 N–H and O–H groups in total. The Morgan fingerprint density at radius 1 is 1.48 bits per heavy atom. The molecule has 0 aromatic heterocycles. The number of hydroxylamine groups is 2. The van der Waals surface area contributed by atoms with Gasteiger partial charge in [0, 0.05) is 33.2 Å². The number of carbonyl (C=O) groups is 1. The van der Waals surface area contributed by atoms with Crippen molar-refractivity contribution in [1.29, 1.82) is 0 Å². The van der Waals surface area contributed by atoms with E-state index in [1.165, 1.54) is 4.31 Å². The molecule has 1 aliphatic heterocycles. The number of hydrogen-bond donors (Lipinski definition) is 1. The second-order valence-electron chi connectivity index (χ2n) is 5.28. The van der Waals surface area contributed by atoms with Crippen LogP contribution >= 0.6 is 0 Å². The van der Waals surface area contributed by atoms with Gasteiger partial charge in [0.1, 0.15) is 0 Å². The predicted octanol–water partition coefficient (Wildman–Crippen LogP) is 0.0476. The monoisotopic (exact) mass is 321 g/mol. The summed E-state index contributed by atoms with van der Waals surface area (Å²) in [5, 5.41) is 4.58. The third-order valence-electron chi connectivity index (χ3n) is 3.77. The normalized spacial score (nSPS) is 20.7. The molecular formula is C13H27N3O4S. The number of rotatable bonds is 8. The lowest BCUT2D eigenvalue weighted by Gasteiger charge is -2.30. The zero-order chi connectivity index (χ0) is 15.9. The highest BCUT2D eigenvalue weighted by Gasteiger charge is 2.31. The van der Waals surface area contributed by atoms with Crippen LogP contribution in [0.1, 0.15) is 26.2 Å². The van der Waals surface area contributed by atoms with E-state index in [1.54, 1.807) is 19.1 Å². The molecular weight excluding hydrogens is 294 g/mol. The van der Waals surface area contributed by atoms with Gasteiger partial charge in [-0.3, -0.25) is 4.79 Å². The molecule has 0 aromatic carbocycles. The van der Waals surface area contributed by atoms with Crippen molar-refractivity contribution in [2.45, 2.75) is 26.2 Å². The molecule has 8 heteroatoms. The summed E-state index contributed by atoms with van der Waals surface area (Å²) in [5.74, 6) is -0.198. The van der Waals surface area contributed by atoms with Crippen molar-refractivity contribution < 1.29 is 18.0 Å². The first-order chi connectivity index (χ1) is 9.90. The summed E-state index contributed by atoms with van der Waals surface area (Å²) < 4.78 is 25.2. The lowest BCUT2D eigenvalue weighted by molar-refractivity contribution is -0.126. The fourth-order valence-corrected chi connectivity index (χ4v) is 3.52. The van der Waals surface area contributed by atoms with Gasteiger partial charge in [-0.15, -0.1) is 0 Å². The smallest absolute Gasteiger partial charge is 0.224 e. The van der Waals surface area contributed by atoms with Gasteiger partial charge in [-0.05, 0) is 26.2 Å². The Hall–Kier alpha value is -0.700. The van der Waals surface area contributed by atoms with Crippen LogP contribution in [0.25, 0.3) is 0 Å². The van der Waals surface area contributed by atoms with Gasteiger partial charge in [-0.25, -0.2) is 12.7 Å². The zero-order valence-electron chi connectivity index (χ0n) is 13.2. The number of piperidine rings is 1. The van der Waals surface area contributed by atoms with Crippen molar-refractivity contribution in [2.75, 3.05) is 46.1 Å². The molecule has 1 rings (SSSR count). The van der Waals surface area contributed by atoms with Gasteiger partial charge >= 0.3 is 0 Å². The third kappa shape index (κ3) is 5.90. The van der Waals surface area contributed by atoms with Crippen molar-refractivity contribution in [3.05, 3.63) is 0 Å². The number of sulfonamides is 1. The number of nitrogens with one attached hydrogen (secondary N) is 1. The molecule has 0 aliphatic carbocycles. The van der Waals surface area contributed by atoms with Gasteiger partial charge < -0.3 is 10.2 Å². The fraction of sp³-hybridized carbons (Fsp3) is 0.923. The molecule has 0 bridgehead atoms. The average Bonchev–Trinajstić information content (AvgIpc) is 2.51. The predicted molar refractivity (Wildman–Crippen MR) is 81.0 cm³/mol. The van der Waals surface area contributed by atoms with Crippen LogP contribution in [0, 0.1) is 5.92 Å². The fourth-order valence-electron chi connectivity index (χ4n) is 2.34. The first kappa shape index (κ1) is 18.3. The number of hydrogen-bond acceptors (Lipinski definition) is 5. The molecule has 124 valence electrons. The number of nitrogens with zero attached hydrogens (tertiary/aromatic N) is 2. The Morgan fingerprint density at radius 2 is 2.19 bits per heavy atom. The molecule has 0 radical (unpaired) electrons. The molecule has 0 spiro atoms. The maximum absolute atomic E-state index is 12.1. The van der Waals surface area contributed by atoms with E-state index >= 15 is 0 Å². The van der Waals surface area contributed by atoms with E-state index in [2.05, 4.69) is 5.32 Å². The van der Waals surface area contributed by atoms with Gasteiger partial charge in [0.05, 0.1) is 18.8 Å². The molecule has 21 heavy (non-hydrogen) atoms. The zero-order valence-corrected chi connectivity index (χ0v) is 14.0. The molecule has 1 atom stereocenters. The van der Waals surface area contributed by atoms with Crippen LogP contribution < -0.4 is 5.32 Å². The van der Waals surface area contributed by atoms with E-state index < -0.39 is 10.0 Å². The van der Waals surface area contributed by atoms with Crippen molar-refractivity contribution >= 4 is 15.9 Å². The summed E-state index contributed by atoms with van der Waals surface area (Å²) in [5.41, 5.74) is 0. The van der Waals surface area contributed by atoms with E-state index in [4.69, 9.17) is 4.84 Å². The second kappa shape index (κ2) is 8.67. The van der Waals surface area contributed by atoms with Crippen molar-refractivity contribution in [2.24, 2.45) is 5.92 Å². The minimum absolute atomic E-state index is 0.0499. The van der Waals surface area contributed by atoms with Crippen LogP contribution in [0.15, 0.2) is 0 Å². The van der Waals surface area contributed by atoms with Crippen LogP contribution in [0.2, 0.25) is 0 Å². The van der Waals surface area contributed by atoms with Crippen LogP contribution in [0.3, 0.4) is 0 Å². The van der Waals surface area contributed by atoms with Crippen molar-refractivity contribution in [3.8, 4) is 0 Å². The van der Waals surface area contributed by atoms with Gasteiger partial charge in [0.2, 0.25) is 15.9 Å². The quantitative estimate of drug-likeness (QED) is 0.505. The lowest BCUT2D eigenvalue weighted by atomic mass is 9.99. The highest BCUT2D eigenvalue weighted by atomic mass is 32.2. The summed E-state index contributed by atoms with van der Waals surface area (Å²) in [6.07, 6.45) is 2.28. The first-order valence-corrected chi connectivity index (χ1v) is 9.02. The molecule has 1 amide bonds. The molecule has 0 aromatic rings. The van der Waals surface area contributed by atoms with Crippen LogP contribution in [-0.4, -0.2) is 69.8 Å². The highest BCUT2D eigenvalue weighted by molar-refractivity contribution is 7.89. The Bertz CT molecular complexity index is 427. The summed E-state index contributed by atoms with van der Waals surface area (Å²) >= 11 is 0. The maximum Gasteiger partial charge on any atom is 0.224 e. The van der Waals surface area contributed by atoms with Crippen LogP contribution in [-0.2, 0) is 19.7 Å². The molecule has 1 unspecified atom stereocenters. The van der Waals surface area contributed by atoms with E-state index in [0.717, 1.165) is 25.8 Å². The maximum atomic E-state index is 12.1. The third-order valence-corrected chi connectivity index (χ3v) is 5.62. The molecule has 1 heterocycles. The molecule has 1 saturated heterocycles. The van der Waals surface area contributed by atoms with Gasteiger partial charge in [-0.1, -0.05) is 0 Å². The van der Waals surface area contributed by atoms with Crippen LogP contribution in [0.5, 0.6) is 0 Å². The molecule has 1 aliphatic rings. The van der Waals surface area contributed by atoms with E-state index in [9.17, 15) is 13.2 Å². The second-order valence-corrected chi connectivity index (χ2v) is 7.53. The largest absolute Gasteiger partial charge is 0.356 e. The van der Waals surface area contributed by atoms with E-state index in [0.29, 0.717) is 19.6 Å².